The van der Waals surface area contributed by atoms with E-state index in [4.69, 9.17) is 0 Å². The van der Waals surface area contributed by atoms with Gasteiger partial charge in [0.25, 0.3) is 0 Å². The monoisotopic (exact) mass is 187 g/mol. The highest BCUT2D eigenvalue weighted by molar-refractivity contribution is 7.47. The molecule has 0 unspecified atom stereocenters. The Morgan fingerprint density at radius 3 is 1.83 bits per heavy atom. The molecule has 0 saturated carbocycles. The van der Waals surface area contributed by atoms with Gasteiger partial charge in [0.05, 0.1) is 6.54 Å². The Bertz CT molecular complexity index is 93.8. The fraction of sp³-hybridized carbons (Fsp3) is 1.00. The molecule has 0 aromatic rings. The van der Waals surface area contributed by atoms with Crippen LogP contribution >= 0.6 is 0 Å². The maximum atomic E-state index is 4.51. The van der Waals surface area contributed by atoms with Crippen LogP contribution in [0.15, 0.2) is 4.36 Å². The summed E-state index contributed by atoms with van der Waals surface area (Å²) in [7, 11) is 0. The summed E-state index contributed by atoms with van der Waals surface area (Å²) in [6.07, 6.45) is 10.9. The van der Waals surface area contributed by atoms with Crippen LogP contribution in [0.4, 0.5) is 0 Å². The summed E-state index contributed by atoms with van der Waals surface area (Å²) in [6.45, 7) is 3.13. The smallest absolute Gasteiger partial charge is 0.0521 e. The van der Waals surface area contributed by atoms with Crippen LogP contribution in [0.5, 0.6) is 0 Å². The van der Waals surface area contributed by atoms with Crippen LogP contribution in [0.2, 0.25) is 0 Å². The highest BCUT2D eigenvalue weighted by Crippen LogP contribution is 2.07. The first kappa shape index (κ1) is 12.0. The molecule has 1 nitrogen and oxygen atoms in total. The van der Waals surface area contributed by atoms with Crippen LogP contribution in [0.25, 0.3) is 0 Å². The van der Waals surface area contributed by atoms with Crippen molar-refractivity contribution in [1.82, 2.24) is 0 Å². The maximum absolute atomic E-state index is 4.51. The highest BCUT2D eigenvalue weighted by Gasteiger charge is 1.89. The number of nitrogens with zero attached hydrogens (tertiary/aromatic N) is 1. The molecule has 0 rings (SSSR count). The van der Waals surface area contributed by atoms with Crippen LogP contribution in [0, 0.1) is 0 Å². The molecule has 0 aromatic carbocycles. The third-order valence-electron chi connectivity index (χ3n) is 2.10. The summed E-state index contributed by atoms with van der Waals surface area (Å²) in [5, 5.41) is 0. The Hall–Kier alpha value is 0.0200. The molecular formula is C10H21NS. The van der Waals surface area contributed by atoms with E-state index < -0.39 is 0 Å². The molecule has 0 heterocycles. The fourth-order valence-electron chi connectivity index (χ4n) is 1.31. The molecule has 72 valence electrons. The SMILES string of the molecule is CCCCCCCCCCN=S. The van der Waals surface area contributed by atoms with Crippen molar-refractivity contribution in [3.8, 4) is 0 Å². The van der Waals surface area contributed by atoms with Gasteiger partial charge in [-0.3, -0.25) is 0 Å². The van der Waals surface area contributed by atoms with Gasteiger partial charge in [0.2, 0.25) is 0 Å². The molecular weight excluding hydrogens is 166 g/mol. The van der Waals surface area contributed by atoms with Crippen molar-refractivity contribution in [2.75, 3.05) is 6.54 Å². The van der Waals surface area contributed by atoms with Crippen LogP contribution < -0.4 is 0 Å². The van der Waals surface area contributed by atoms with Crippen LogP contribution in [0.3, 0.4) is 0 Å². The van der Waals surface area contributed by atoms with E-state index in [1.807, 2.05) is 0 Å². The van der Waals surface area contributed by atoms with E-state index in [1.165, 1.54) is 51.4 Å². The Morgan fingerprint density at radius 1 is 0.833 bits per heavy atom. The van der Waals surface area contributed by atoms with E-state index in [9.17, 15) is 0 Å². The average molecular weight is 187 g/mol. The minimum atomic E-state index is 0.879. The molecule has 0 spiro atoms. The summed E-state index contributed by atoms with van der Waals surface area (Å²) in [5.41, 5.74) is 0. The lowest BCUT2D eigenvalue weighted by Gasteiger charge is -1.98. The van der Waals surface area contributed by atoms with Gasteiger partial charge in [-0.2, -0.15) is 0 Å². The van der Waals surface area contributed by atoms with Gasteiger partial charge in [0, 0.05) is 12.4 Å². The van der Waals surface area contributed by atoms with Gasteiger partial charge < -0.3 is 0 Å². The van der Waals surface area contributed by atoms with Crippen molar-refractivity contribution in [3.63, 3.8) is 0 Å². The summed E-state index contributed by atoms with van der Waals surface area (Å²) >= 11 is 4.51. The molecule has 0 N–H and O–H groups in total. The number of unbranched alkanes of at least 4 members (excludes halogenated alkanes) is 7. The quantitative estimate of drug-likeness (QED) is 0.499. The molecule has 0 amide bonds. The molecule has 0 saturated heterocycles. The Kier molecular flexibility index (Phi) is 11.0. The normalized spacial score (nSPS) is 10.1. The Morgan fingerprint density at radius 2 is 1.33 bits per heavy atom. The molecule has 0 bridgehead atoms. The first-order valence-corrected chi connectivity index (χ1v) is 5.57. The zero-order valence-electron chi connectivity index (χ0n) is 8.22. The molecule has 0 aliphatic heterocycles. The second-order valence-corrected chi connectivity index (χ2v) is 3.59. The van der Waals surface area contributed by atoms with Gasteiger partial charge in [0.15, 0.2) is 0 Å². The highest BCUT2D eigenvalue weighted by atomic mass is 32.1. The zero-order valence-corrected chi connectivity index (χ0v) is 9.04. The van der Waals surface area contributed by atoms with Crippen molar-refractivity contribution in [2.24, 2.45) is 4.36 Å². The lowest BCUT2D eigenvalue weighted by molar-refractivity contribution is 0.579. The van der Waals surface area contributed by atoms with Gasteiger partial charge in [-0.25, -0.2) is 4.36 Å². The van der Waals surface area contributed by atoms with Crippen molar-refractivity contribution in [2.45, 2.75) is 58.3 Å². The Balaban J connectivity index is 2.77. The van der Waals surface area contributed by atoms with E-state index >= 15 is 0 Å². The molecule has 0 radical (unpaired) electrons. The first-order valence-electron chi connectivity index (χ1n) is 5.21. The average Bonchev–Trinajstić information content (AvgIpc) is 2.10. The predicted molar refractivity (Wildman–Crippen MR) is 57.3 cm³/mol. The predicted octanol–water partition coefficient (Wildman–Crippen LogP) is 3.86. The van der Waals surface area contributed by atoms with Gasteiger partial charge in [-0.15, -0.1) is 0 Å². The second-order valence-electron chi connectivity index (χ2n) is 3.33. The van der Waals surface area contributed by atoms with Gasteiger partial charge in [-0.05, 0) is 6.42 Å². The third kappa shape index (κ3) is 10.0. The fourth-order valence-corrected chi connectivity index (χ4v) is 1.44. The molecule has 0 atom stereocenters. The van der Waals surface area contributed by atoms with Crippen LogP contribution in [-0.4, -0.2) is 6.54 Å². The lowest BCUT2D eigenvalue weighted by atomic mass is 10.1. The van der Waals surface area contributed by atoms with Crippen LogP contribution in [-0.2, 0) is 12.4 Å². The number of hydrogen-bond acceptors (Lipinski definition) is 2. The Labute approximate surface area is 82.1 Å². The van der Waals surface area contributed by atoms with Gasteiger partial charge >= 0.3 is 0 Å². The van der Waals surface area contributed by atoms with E-state index in [0.717, 1.165) is 6.54 Å². The summed E-state index contributed by atoms with van der Waals surface area (Å²) in [5.74, 6) is 0. The van der Waals surface area contributed by atoms with Crippen LogP contribution in [0.1, 0.15) is 58.3 Å². The minimum absolute atomic E-state index is 0.879. The number of hydrogen-bond donors (Lipinski definition) is 0. The van der Waals surface area contributed by atoms with Gasteiger partial charge in [0.1, 0.15) is 0 Å². The van der Waals surface area contributed by atoms with Crippen molar-refractivity contribution in [3.05, 3.63) is 0 Å². The standard InChI is InChI=1S/C10H21NS/c1-2-3-4-5-6-7-8-9-10-11-12/h2-10H2,1H3. The molecule has 2 heteroatoms. The minimum Gasteiger partial charge on any atom is -0.220 e. The summed E-state index contributed by atoms with van der Waals surface area (Å²) in [4.78, 5) is 0. The van der Waals surface area contributed by atoms with Crippen molar-refractivity contribution >= 4 is 12.4 Å². The van der Waals surface area contributed by atoms with E-state index in [-0.39, 0.29) is 0 Å². The van der Waals surface area contributed by atoms with Crippen molar-refractivity contribution in [1.29, 1.82) is 0 Å². The van der Waals surface area contributed by atoms with E-state index in [2.05, 4.69) is 23.7 Å². The van der Waals surface area contributed by atoms with E-state index in [0.29, 0.717) is 0 Å². The molecule has 0 fully saturated rings. The van der Waals surface area contributed by atoms with Crippen molar-refractivity contribution < 1.29 is 0 Å². The van der Waals surface area contributed by atoms with E-state index in [1.54, 1.807) is 0 Å². The molecule has 0 aliphatic carbocycles. The summed E-state index contributed by atoms with van der Waals surface area (Å²) < 4.78 is 3.67. The molecule has 12 heavy (non-hydrogen) atoms. The van der Waals surface area contributed by atoms with Gasteiger partial charge in [-0.1, -0.05) is 51.9 Å². The molecule has 0 aromatic heterocycles. The summed E-state index contributed by atoms with van der Waals surface area (Å²) in [6, 6.07) is 0. The third-order valence-corrected chi connectivity index (χ3v) is 2.29. The zero-order chi connectivity index (χ0) is 9.07. The lowest BCUT2D eigenvalue weighted by Crippen LogP contribution is -1.82. The largest absolute Gasteiger partial charge is 0.220 e. The molecule has 0 aliphatic rings. The second kappa shape index (κ2) is 11.0. The topological polar surface area (TPSA) is 12.4 Å². The first-order chi connectivity index (χ1) is 5.91. The maximum Gasteiger partial charge on any atom is 0.0521 e. The number of rotatable bonds is 9.